The number of ether oxygens (including phenoxy) is 1. The molecule has 8 heteroatoms. The van der Waals surface area contributed by atoms with Crippen molar-refractivity contribution < 1.29 is 14.3 Å². The highest BCUT2D eigenvalue weighted by molar-refractivity contribution is 6.42. The maximum atomic E-state index is 12.7. The fraction of sp³-hybridized carbons (Fsp3) is 0.263. The van der Waals surface area contributed by atoms with Gasteiger partial charge in [-0.2, -0.15) is 0 Å². The summed E-state index contributed by atoms with van der Waals surface area (Å²) in [5.74, 6) is 0. The van der Waals surface area contributed by atoms with Crippen molar-refractivity contribution in [3.63, 3.8) is 0 Å². The summed E-state index contributed by atoms with van der Waals surface area (Å²) in [7, 11) is 1.29. The van der Waals surface area contributed by atoms with Crippen molar-refractivity contribution in [2.45, 2.75) is 26.4 Å². The van der Waals surface area contributed by atoms with E-state index in [0.29, 0.717) is 28.0 Å². The van der Waals surface area contributed by atoms with Gasteiger partial charge in [0.05, 0.1) is 17.2 Å². The van der Waals surface area contributed by atoms with Crippen molar-refractivity contribution in [1.82, 2.24) is 4.90 Å². The molecule has 2 aromatic rings. The second-order valence-corrected chi connectivity index (χ2v) is 6.91. The van der Waals surface area contributed by atoms with Gasteiger partial charge in [0, 0.05) is 24.0 Å². The van der Waals surface area contributed by atoms with E-state index in [4.69, 9.17) is 23.2 Å². The lowest BCUT2D eigenvalue weighted by molar-refractivity contribution is 0.187. The predicted octanol–water partition coefficient (Wildman–Crippen LogP) is 5.61. The first-order valence-corrected chi connectivity index (χ1v) is 9.02. The van der Waals surface area contributed by atoms with Gasteiger partial charge in [0.2, 0.25) is 0 Å². The number of rotatable bonds is 5. The van der Waals surface area contributed by atoms with Crippen molar-refractivity contribution in [2.24, 2.45) is 0 Å². The van der Waals surface area contributed by atoms with Gasteiger partial charge >= 0.3 is 12.1 Å². The quantitative estimate of drug-likeness (QED) is 0.673. The van der Waals surface area contributed by atoms with Crippen LogP contribution in [0.1, 0.15) is 19.4 Å². The van der Waals surface area contributed by atoms with Crippen LogP contribution in [0.25, 0.3) is 0 Å². The van der Waals surface area contributed by atoms with Crippen molar-refractivity contribution in [3.8, 4) is 0 Å². The number of nitrogens with zero attached hydrogens (tertiary/aromatic N) is 1. The zero-order valence-corrected chi connectivity index (χ0v) is 16.8. The fourth-order valence-corrected chi connectivity index (χ4v) is 2.65. The predicted molar refractivity (Wildman–Crippen MR) is 109 cm³/mol. The normalized spacial score (nSPS) is 10.4. The smallest absolute Gasteiger partial charge is 0.411 e. The molecular weight excluding hydrogens is 389 g/mol. The number of anilines is 2. The van der Waals surface area contributed by atoms with Crippen LogP contribution in [0.15, 0.2) is 42.5 Å². The van der Waals surface area contributed by atoms with Crippen molar-refractivity contribution >= 4 is 46.7 Å². The molecular formula is C19H21Cl2N3O3. The van der Waals surface area contributed by atoms with Gasteiger partial charge in [-0.15, -0.1) is 0 Å². The number of carbonyl (C=O) groups excluding carboxylic acids is 2. The van der Waals surface area contributed by atoms with Gasteiger partial charge in [0.15, 0.2) is 0 Å². The Morgan fingerprint density at radius 3 is 2.11 bits per heavy atom. The fourth-order valence-electron chi connectivity index (χ4n) is 2.32. The summed E-state index contributed by atoms with van der Waals surface area (Å²) in [6.45, 7) is 4.25. The number of halogens is 2. The average Bonchev–Trinajstić information content (AvgIpc) is 2.63. The first kappa shape index (κ1) is 20.9. The molecule has 0 heterocycles. The molecule has 0 fully saturated rings. The van der Waals surface area contributed by atoms with E-state index in [1.807, 2.05) is 19.9 Å². The molecule has 0 saturated carbocycles. The minimum absolute atomic E-state index is 0.0280. The Bertz CT molecular complexity index is 810. The number of urea groups is 1. The monoisotopic (exact) mass is 409 g/mol. The summed E-state index contributed by atoms with van der Waals surface area (Å²) < 4.78 is 4.53. The average molecular weight is 410 g/mol. The maximum absolute atomic E-state index is 12.7. The number of carbonyl (C=O) groups is 2. The van der Waals surface area contributed by atoms with E-state index in [9.17, 15) is 9.59 Å². The topological polar surface area (TPSA) is 70.7 Å². The summed E-state index contributed by atoms with van der Waals surface area (Å²) in [5, 5.41) is 6.32. The molecule has 0 aromatic heterocycles. The van der Waals surface area contributed by atoms with Gasteiger partial charge in [0.1, 0.15) is 0 Å². The third-order valence-corrected chi connectivity index (χ3v) is 4.53. The van der Waals surface area contributed by atoms with Crippen LogP contribution in [0.2, 0.25) is 10.0 Å². The second-order valence-electron chi connectivity index (χ2n) is 6.09. The molecule has 0 radical (unpaired) electrons. The summed E-state index contributed by atoms with van der Waals surface area (Å²) in [6, 6.07) is 11.8. The highest BCUT2D eigenvalue weighted by atomic mass is 35.5. The van der Waals surface area contributed by atoms with Crippen LogP contribution in [0, 0.1) is 0 Å². The van der Waals surface area contributed by atoms with Crippen LogP contribution in [0.3, 0.4) is 0 Å². The third kappa shape index (κ3) is 6.05. The van der Waals surface area contributed by atoms with Crippen LogP contribution in [-0.4, -0.2) is 30.2 Å². The Hall–Kier alpha value is -2.44. The minimum atomic E-state index is -0.556. The largest absolute Gasteiger partial charge is 0.453 e. The summed E-state index contributed by atoms with van der Waals surface area (Å²) in [4.78, 5) is 25.6. The third-order valence-electron chi connectivity index (χ3n) is 3.79. The lowest BCUT2D eigenvalue weighted by Gasteiger charge is -2.27. The first-order valence-electron chi connectivity index (χ1n) is 8.26. The van der Waals surface area contributed by atoms with Crippen LogP contribution < -0.4 is 10.6 Å². The number of benzene rings is 2. The van der Waals surface area contributed by atoms with Gasteiger partial charge in [-0.25, -0.2) is 9.59 Å². The number of amides is 3. The Kier molecular flexibility index (Phi) is 7.33. The summed E-state index contributed by atoms with van der Waals surface area (Å²) in [5.41, 5.74) is 2.05. The van der Waals surface area contributed by atoms with Crippen LogP contribution in [-0.2, 0) is 11.3 Å². The van der Waals surface area contributed by atoms with Gasteiger partial charge in [-0.3, -0.25) is 5.32 Å². The molecule has 0 saturated heterocycles. The van der Waals surface area contributed by atoms with E-state index in [0.717, 1.165) is 5.56 Å². The number of hydrogen-bond donors (Lipinski definition) is 2. The molecule has 0 aliphatic rings. The molecule has 2 N–H and O–H groups in total. The Balaban J connectivity index is 2.06. The lowest BCUT2D eigenvalue weighted by Crippen LogP contribution is -2.39. The summed E-state index contributed by atoms with van der Waals surface area (Å²) in [6.07, 6.45) is -0.556. The van der Waals surface area contributed by atoms with E-state index < -0.39 is 6.09 Å². The Labute approximate surface area is 168 Å². The molecule has 0 spiro atoms. The molecule has 0 aliphatic carbocycles. The number of hydrogen-bond acceptors (Lipinski definition) is 3. The molecule has 6 nitrogen and oxygen atoms in total. The van der Waals surface area contributed by atoms with E-state index in [-0.39, 0.29) is 12.1 Å². The first-order chi connectivity index (χ1) is 12.8. The van der Waals surface area contributed by atoms with Gasteiger partial charge in [-0.1, -0.05) is 29.3 Å². The van der Waals surface area contributed by atoms with Gasteiger partial charge in [0.25, 0.3) is 0 Å². The van der Waals surface area contributed by atoms with Crippen molar-refractivity contribution in [2.75, 3.05) is 17.7 Å². The van der Waals surface area contributed by atoms with Crippen LogP contribution in [0.4, 0.5) is 21.0 Å². The molecule has 27 heavy (non-hydrogen) atoms. The number of methoxy groups -OCH3 is 1. The molecule has 2 aromatic carbocycles. The van der Waals surface area contributed by atoms with E-state index >= 15 is 0 Å². The maximum Gasteiger partial charge on any atom is 0.411 e. The zero-order chi connectivity index (χ0) is 20.0. The standard InChI is InChI=1S/C19H21Cl2N3O3/c1-12(2)24(11-13-4-9-16(20)17(21)10-13)18(25)22-14-5-7-15(8-6-14)23-19(26)27-3/h4-10,12H,11H2,1-3H3,(H,22,25)(H,23,26). The van der Waals surface area contributed by atoms with Crippen LogP contribution in [0.5, 0.6) is 0 Å². The molecule has 0 unspecified atom stereocenters. The van der Waals surface area contributed by atoms with Crippen molar-refractivity contribution in [3.05, 3.63) is 58.1 Å². The highest BCUT2D eigenvalue weighted by Crippen LogP contribution is 2.24. The highest BCUT2D eigenvalue weighted by Gasteiger charge is 2.18. The van der Waals surface area contributed by atoms with E-state index in [1.54, 1.807) is 41.3 Å². The molecule has 2 rings (SSSR count). The Morgan fingerprint density at radius 2 is 1.59 bits per heavy atom. The molecule has 3 amide bonds. The van der Waals surface area contributed by atoms with Crippen LogP contribution >= 0.6 is 23.2 Å². The Morgan fingerprint density at radius 1 is 1.00 bits per heavy atom. The number of nitrogens with one attached hydrogen (secondary N) is 2. The molecule has 0 atom stereocenters. The minimum Gasteiger partial charge on any atom is -0.453 e. The summed E-state index contributed by atoms with van der Waals surface area (Å²) >= 11 is 12.0. The lowest BCUT2D eigenvalue weighted by atomic mass is 10.2. The van der Waals surface area contributed by atoms with E-state index in [1.165, 1.54) is 7.11 Å². The van der Waals surface area contributed by atoms with E-state index in [2.05, 4.69) is 15.4 Å². The molecule has 0 bridgehead atoms. The second kappa shape index (κ2) is 9.48. The van der Waals surface area contributed by atoms with Crippen molar-refractivity contribution in [1.29, 1.82) is 0 Å². The molecule has 144 valence electrons. The van der Waals surface area contributed by atoms with Gasteiger partial charge in [-0.05, 0) is 55.8 Å². The SMILES string of the molecule is COC(=O)Nc1ccc(NC(=O)N(Cc2ccc(Cl)c(Cl)c2)C(C)C)cc1. The molecule has 0 aliphatic heterocycles. The van der Waals surface area contributed by atoms with Gasteiger partial charge < -0.3 is 15.0 Å². The zero-order valence-electron chi connectivity index (χ0n) is 15.3.